The van der Waals surface area contributed by atoms with Crippen LogP contribution in [0.25, 0.3) is 10.9 Å². The molecule has 0 aliphatic heterocycles. The zero-order chi connectivity index (χ0) is 24.9. The lowest BCUT2D eigenvalue weighted by molar-refractivity contribution is -0.134. The lowest BCUT2D eigenvalue weighted by atomic mass is 9.82. The summed E-state index contributed by atoms with van der Waals surface area (Å²) in [5.41, 5.74) is 5.64. The maximum Gasteiger partial charge on any atom is 0.328 e. The number of aryl methyl sites for hydroxylation is 1. The Morgan fingerprint density at radius 1 is 1.11 bits per heavy atom. The Kier molecular flexibility index (Phi) is 7.48. The van der Waals surface area contributed by atoms with Crippen molar-refractivity contribution >= 4 is 28.6 Å². The van der Waals surface area contributed by atoms with Gasteiger partial charge in [-0.15, -0.1) is 0 Å². The molecule has 2 aliphatic carbocycles. The lowest BCUT2D eigenvalue weighted by Gasteiger charge is -2.23. The molecule has 1 atom stereocenters. The van der Waals surface area contributed by atoms with Gasteiger partial charge < -0.3 is 19.8 Å². The van der Waals surface area contributed by atoms with Crippen LogP contribution in [-0.2, 0) is 29.0 Å². The molecule has 0 radical (unpaired) electrons. The average Bonchev–Trinajstić information content (AvgIpc) is 3.56. The van der Waals surface area contributed by atoms with Crippen molar-refractivity contribution in [1.29, 1.82) is 0 Å². The average molecular weight is 478 g/mol. The van der Waals surface area contributed by atoms with E-state index in [0.29, 0.717) is 17.9 Å². The summed E-state index contributed by atoms with van der Waals surface area (Å²) in [6, 6.07) is 8.51. The molecule has 1 fully saturated rings. The molecule has 3 aromatic rings. The summed E-state index contributed by atoms with van der Waals surface area (Å²) >= 11 is 0. The van der Waals surface area contributed by atoms with E-state index in [1.54, 1.807) is 6.33 Å². The van der Waals surface area contributed by atoms with E-state index in [2.05, 4.69) is 38.8 Å². The highest BCUT2D eigenvalue weighted by atomic mass is 16.4. The number of benzene rings is 1. The second kappa shape index (κ2) is 10.7. The van der Waals surface area contributed by atoms with Gasteiger partial charge in [-0.05, 0) is 44.6 Å². The standard InChI is InChI=1S/C23H27N3O.C4H4O4/c1-15-19(25-14-24-15)12-17-10-11-21-22(23(17)27)18-8-4-5-9-20(18)26(21)13-16-6-2-3-7-16;5-3(6)1-2-4(7)8/h4-5,8-9,14,16-17H,2-3,6-7,10-13H2,1H3,(H,24,25);1-2H,(H,5,6)(H,7,8)/b;2-1-. The van der Waals surface area contributed by atoms with Gasteiger partial charge in [0, 0.05) is 58.9 Å². The van der Waals surface area contributed by atoms with Crippen LogP contribution in [0.2, 0.25) is 0 Å². The third kappa shape index (κ3) is 5.53. The number of hydrogen-bond donors (Lipinski definition) is 3. The summed E-state index contributed by atoms with van der Waals surface area (Å²) in [7, 11) is 0. The number of nitrogens with zero attached hydrogens (tertiary/aromatic N) is 2. The van der Waals surface area contributed by atoms with Crippen molar-refractivity contribution in [2.45, 2.75) is 58.4 Å². The Balaban J connectivity index is 0.000000314. The van der Waals surface area contributed by atoms with E-state index in [-0.39, 0.29) is 5.92 Å². The quantitative estimate of drug-likeness (QED) is 0.447. The van der Waals surface area contributed by atoms with Gasteiger partial charge in [0.25, 0.3) is 0 Å². The molecule has 2 heterocycles. The first-order valence-corrected chi connectivity index (χ1v) is 12.1. The summed E-state index contributed by atoms with van der Waals surface area (Å²) < 4.78 is 2.48. The molecule has 8 heteroatoms. The van der Waals surface area contributed by atoms with E-state index in [0.717, 1.165) is 54.1 Å². The highest BCUT2D eigenvalue weighted by Gasteiger charge is 2.33. The third-order valence-corrected chi connectivity index (χ3v) is 7.08. The Labute approximate surface area is 203 Å². The molecule has 2 aliphatic rings. The molecule has 0 amide bonds. The summed E-state index contributed by atoms with van der Waals surface area (Å²) in [6.45, 7) is 3.11. The van der Waals surface area contributed by atoms with Crippen LogP contribution in [0.4, 0.5) is 0 Å². The largest absolute Gasteiger partial charge is 0.478 e. The minimum absolute atomic E-state index is 0.0465. The SMILES string of the molecule is Cc1[nH]cnc1CC1CCc2c(c3ccccc3n2CC2CCCC2)C1=O.O=C(O)/C=C\C(=O)O. The topological polar surface area (TPSA) is 125 Å². The Hall–Kier alpha value is -3.68. The smallest absolute Gasteiger partial charge is 0.328 e. The van der Waals surface area contributed by atoms with E-state index >= 15 is 0 Å². The zero-order valence-electron chi connectivity index (χ0n) is 19.9. The van der Waals surface area contributed by atoms with Crippen LogP contribution in [0.1, 0.15) is 59.5 Å². The number of nitrogens with one attached hydrogen (secondary N) is 1. The van der Waals surface area contributed by atoms with Gasteiger partial charge >= 0.3 is 11.9 Å². The number of imidazole rings is 1. The van der Waals surface area contributed by atoms with Crippen molar-refractivity contribution < 1.29 is 24.6 Å². The van der Waals surface area contributed by atoms with E-state index in [1.165, 1.54) is 36.9 Å². The van der Waals surface area contributed by atoms with E-state index in [1.807, 2.05) is 6.92 Å². The molecule has 5 rings (SSSR count). The van der Waals surface area contributed by atoms with Crippen LogP contribution < -0.4 is 0 Å². The summed E-state index contributed by atoms with van der Waals surface area (Å²) in [4.78, 5) is 40.1. The number of rotatable bonds is 6. The normalized spacial score (nSPS) is 18.0. The monoisotopic (exact) mass is 477 g/mol. The summed E-state index contributed by atoms with van der Waals surface area (Å²) in [6.07, 6.45) is 10.9. The molecular formula is C27H31N3O5. The van der Waals surface area contributed by atoms with Crippen LogP contribution in [0.3, 0.4) is 0 Å². The van der Waals surface area contributed by atoms with Gasteiger partial charge in [-0.1, -0.05) is 31.0 Å². The minimum Gasteiger partial charge on any atom is -0.478 e. The molecule has 1 aromatic carbocycles. The maximum atomic E-state index is 13.5. The van der Waals surface area contributed by atoms with Gasteiger partial charge in [0.15, 0.2) is 5.78 Å². The fourth-order valence-corrected chi connectivity index (χ4v) is 5.36. The first-order chi connectivity index (χ1) is 16.8. The number of hydrogen-bond acceptors (Lipinski definition) is 4. The van der Waals surface area contributed by atoms with Crippen molar-refractivity contribution in [2.75, 3.05) is 0 Å². The number of carbonyl (C=O) groups is 3. The van der Waals surface area contributed by atoms with Gasteiger partial charge in [-0.2, -0.15) is 0 Å². The molecule has 184 valence electrons. The Bertz CT molecular complexity index is 1250. The predicted molar refractivity (Wildman–Crippen MR) is 131 cm³/mol. The lowest BCUT2D eigenvalue weighted by Crippen LogP contribution is -2.26. The number of para-hydroxylation sites is 1. The molecule has 1 saturated carbocycles. The van der Waals surface area contributed by atoms with Crippen molar-refractivity contribution in [2.24, 2.45) is 11.8 Å². The van der Waals surface area contributed by atoms with Gasteiger partial charge in [0.1, 0.15) is 0 Å². The fraction of sp³-hybridized carbons (Fsp3) is 0.407. The Morgan fingerprint density at radius 3 is 2.43 bits per heavy atom. The molecule has 0 bridgehead atoms. The molecule has 1 unspecified atom stereocenters. The number of aromatic nitrogens is 3. The van der Waals surface area contributed by atoms with Crippen LogP contribution in [0, 0.1) is 18.8 Å². The zero-order valence-corrected chi connectivity index (χ0v) is 19.9. The van der Waals surface area contributed by atoms with E-state index in [4.69, 9.17) is 10.2 Å². The van der Waals surface area contributed by atoms with Crippen LogP contribution in [0.15, 0.2) is 42.7 Å². The van der Waals surface area contributed by atoms with Crippen molar-refractivity contribution in [3.8, 4) is 0 Å². The number of carbonyl (C=O) groups excluding carboxylic acids is 1. The van der Waals surface area contributed by atoms with Gasteiger partial charge in [-0.25, -0.2) is 14.6 Å². The number of carboxylic acids is 2. The van der Waals surface area contributed by atoms with Crippen LogP contribution >= 0.6 is 0 Å². The molecule has 3 N–H and O–H groups in total. The second-order valence-corrected chi connectivity index (χ2v) is 9.39. The first-order valence-electron chi connectivity index (χ1n) is 12.1. The number of aromatic amines is 1. The third-order valence-electron chi connectivity index (χ3n) is 7.08. The number of carboxylic acid groups (broad SMARTS) is 2. The molecular weight excluding hydrogens is 446 g/mol. The highest BCUT2D eigenvalue weighted by molar-refractivity contribution is 6.11. The summed E-state index contributed by atoms with van der Waals surface area (Å²) in [5.74, 6) is -1.38. The Morgan fingerprint density at radius 2 is 1.80 bits per heavy atom. The molecule has 0 spiro atoms. The second-order valence-electron chi connectivity index (χ2n) is 9.39. The number of aliphatic carboxylic acids is 2. The molecule has 8 nitrogen and oxygen atoms in total. The van der Waals surface area contributed by atoms with Gasteiger partial charge in [-0.3, -0.25) is 4.79 Å². The van der Waals surface area contributed by atoms with Crippen LogP contribution in [-0.4, -0.2) is 42.5 Å². The molecule has 0 saturated heterocycles. The van der Waals surface area contributed by atoms with Gasteiger partial charge in [0.05, 0.1) is 12.0 Å². The molecule has 2 aromatic heterocycles. The maximum absolute atomic E-state index is 13.5. The summed E-state index contributed by atoms with van der Waals surface area (Å²) in [5, 5.41) is 16.8. The number of Topliss-reactive ketones (excluding diaryl/α,β-unsaturated/α-hetero) is 1. The number of fused-ring (bicyclic) bond motifs is 3. The van der Waals surface area contributed by atoms with Crippen molar-refractivity contribution in [1.82, 2.24) is 14.5 Å². The number of H-pyrrole nitrogens is 1. The van der Waals surface area contributed by atoms with E-state index < -0.39 is 11.9 Å². The highest BCUT2D eigenvalue weighted by Crippen LogP contribution is 2.37. The molecule has 35 heavy (non-hydrogen) atoms. The minimum atomic E-state index is -1.26. The van der Waals surface area contributed by atoms with Crippen molar-refractivity contribution in [3.63, 3.8) is 0 Å². The van der Waals surface area contributed by atoms with Crippen molar-refractivity contribution in [3.05, 3.63) is 65.4 Å². The van der Waals surface area contributed by atoms with Gasteiger partial charge in [0.2, 0.25) is 0 Å². The van der Waals surface area contributed by atoms with Crippen LogP contribution in [0.5, 0.6) is 0 Å². The first kappa shape index (κ1) is 24.4. The van der Waals surface area contributed by atoms with E-state index in [9.17, 15) is 14.4 Å². The predicted octanol–water partition coefficient (Wildman–Crippen LogP) is 4.56. The number of ketones is 1. The fourth-order valence-electron chi connectivity index (χ4n) is 5.36.